The highest BCUT2D eigenvalue weighted by Crippen LogP contribution is 2.59. The van der Waals surface area contributed by atoms with Crippen LogP contribution in [0.1, 0.15) is 32.8 Å². The van der Waals surface area contributed by atoms with Crippen LogP contribution >= 0.6 is 10.6 Å². The van der Waals surface area contributed by atoms with Gasteiger partial charge >= 0.3 is 5.97 Å². The molecule has 0 saturated carbocycles. The van der Waals surface area contributed by atoms with Crippen molar-refractivity contribution >= 4 is 22.6 Å². The molecule has 0 bridgehead atoms. The standard InChI is InChI=1S/C15H20O5S/c1-15(2,3)20-13(16)7-9-19-12-6-4-5-11-8-10-21(17,18)14(11)12/h4-6,8,10,17-18H,7,9H2,1-3H3. The summed E-state index contributed by atoms with van der Waals surface area (Å²) in [6, 6.07) is 5.22. The zero-order valence-corrected chi connectivity index (χ0v) is 13.1. The molecule has 0 aliphatic carbocycles. The molecule has 0 atom stereocenters. The van der Waals surface area contributed by atoms with Gasteiger partial charge in [0.2, 0.25) is 0 Å². The fraction of sp³-hybridized carbons (Fsp3) is 0.400. The monoisotopic (exact) mass is 312 g/mol. The van der Waals surface area contributed by atoms with Crippen LogP contribution in [0.2, 0.25) is 0 Å². The van der Waals surface area contributed by atoms with Crippen molar-refractivity contribution in [3.05, 3.63) is 29.2 Å². The van der Waals surface area contributed by atoms with E-state index in [9.17, 15) is 13.9 Å². The van der Waals surface area contributed by atoms with Crippen LogP contribution in [0.4, 0.5) is 0 Å². The fourth-order valence-electron chi connectivity index (χ4n) is 1.97. The maximum atomic E-state index is 11.6. The van der Waals surface area contributed by atoms with Crippen molar-refractivity contribution < 1.29 is 23.4 Å². The Balaban J connectivity index is 1.97. The molecule has 1 aliphatic heterocycles. The number of carbonyl (C=O) groups excluding carboxylic acids is 1. The number of hydrogen-bond acceptors (Lipinski definition) is 5. The van der Waals surface area contributed by atoms with Crippen molar-refractivity contribution in [2.75, 3.05) is 6.61 Å². The summed E-state index contributed by atoms with van der Waals surface area (Å²) in [6.07, 6.45) is 1.76. The molecular weight excluding hydrogens is 292 g/mol. The number of rotatable bonds is 4. The number of fused-ring (bicyclic) bond motifs is 1. The first-order valence-electron chi connectivity index (χ1n) is 6.63. The highest BCUT2D eigenvalue weighted by atomic mass is 32.3. The van der Waals surface area contributed by atoms with E-state index in [4.69, 9.17) is 9.47 Å². The molecule has 2 rings (SSSR count). The molecule has 0 fully saturated rings. The predicted molar refractivity (Wildman–Crippen MR) is 82.5 cm³/mol. The minimum atomic E-state index is -2.94. The maximum Gasteiger partial charge on any atom is 0.309 e. The van der Waals surface area contributed by atoms with Crippen LogP contribution in [0.5, 0.6) is 5.75 Å². The van der Waals surface area contributed by atoms with Crippen LogP contribution in [0.3, 0.4) is 0 Å². The lowest BCUT2D eigenvalue weighted by Crippen LogP contribution is -2.24. The highest BCUT2D eigenvalue weighted by Gasteiger charge is 2.26. The molecule has 0 spiro atoms. The summed E-state index contributed by atoms with van der Waals surface area (Å²) in [5, 5.41) is 1.37. The van der Waals surface area contributed by atoms with Gasteiger partial charge in [-0.25, -0.2) is 0 Å². The van der Waals surface area contributed by atoms with Crippen molar-refractivity contribution in [2.45, 2.75) is 37.7 Å². The molecule has 1 aromatic carbocycles. The highest BCUT2D eigenvalue weighted by molar-refractivity contribution is 8.27. The van der Waals surface area contributed by atoms with Gasteiger partial charge in [-0.3, -0.25) is 13.9 Å². The first kappa shape index (κ1) is 15.9. The van der Waals surface area contributed by atoms with Gasteiger partial charge in [0.25, 0.3) is 0 Å². The van der Waals surface area contributed by atoms with Gasteiger partial charge in [-0.05, 0) is 32.9 Å². The third-order valence-corrected chi connectivity index (χ3v) is 4.28. The Morgan fingerprint density at radius 3 is 2.67 bits per heavy atom. The van der Waals surface area contributed by atoms with Crippen molar-refractivity contribution in [1.82, 2.24) is 0 Å². The van der Waals surface area contributed by atoms with Crippen molar-refractivity contribution in [1.29, 1.82) is 0 Å². The van der Waals surface area contributed by atoms with Gasteiger partial charge in [0.05, 0.1) is 13.0 Å². The second kappa shape index (κ2) is 5.71. The van der Waals surface area contributed by atoms with E-state index in [2.05, 4.69) is 0 Å². The largest absolute Gasteiger partial charge is 0.491 e. The van der Waals surface area contributed by atoms with Gasteiger partial charge in [0.1, 0.15) is 16.2 Å². The predicted octanol–water partition coefficient (Wildman–Crippen LogP) is 3.89. The van der Waals surface area contributed by atoms with Gasteiger partial charge in [-0.2, -0.15) is 0 Å². The van der Waals surface area contributed by atoms with E-state index in [1.807, 2.05) is 0 Å². The van der Waals surface area contributed by atoms with Crippen LogP contribution in [0, 0.1) is 0 Å². The van der Waals surface area contributed by atoms with Crippen LogP contribution in [0.25, 0.3) is 6.08 Å². The van der Waals surface area contributed by atoms with E-state index in [1.165, 1.54) is 5.41 Å². The molecule has 0 saturated heterocycles. The van der Waals surface area contributed by atoms with Gasteiger partial charge < -0.3 is 9.47 Å². The Bertz CT molecular complexity index is 572. The number of hydrogen-bond donors (Lipinski definition) is 2. The van der Waals surface area contributed by atoms with Crippen molar-refractivity contribution in [2.24, 2.45) is 0 Å². The van der Waals surface area contributed by atoms with Crippen molar-refractivity contribution in [3.63, 3.8) is 0 Å². The maximum absolute atomic E-state index is 11.6. The summed E-state index contributed by atoms with van der Waals surface area (Å²) in [5.41, 5.74) is 0.203. The van der Waals surface area contributed by atoms with Gasteiger partial charge in [-0.1, -0.05) is 12.1 Å². The molecule has 0 aromatic heterocycles. The zero-order chi connectivity index (χ0) is 15.7. The molecule has 21 heavy (non-hydrogen) atoms. The number of esters is 1. The summed E-state index contributed by atoms with van der Waals surface area (Å²) in [7, 11) is -2.94. The fourth-order valence-corrected chi connectivity index (χ4v) is 3.35. The summed E-state index contributed by atoms with van der Waals surface area (Å²) >= 11 is 0. The molecule has 1 heterocycles. The Morgan fingerprint density at radius 1 is 1.29 bits per heavy atom. The molecule has 5 nitrogen and oxygen atoms in total. The Morgan fingerprint density at radius 2 is 2.00 bits per heavy atom. The average molecular weight is 312 g/mol. The van der Waals surface area contributed by atoms with E-state index in [-0.39, 0.29) is 19.0 Å². The molecule has 6 heteroatoms. The smallest absolute Gasteiger partial charge is 0.309 e. The molecular formula is C15H20O5S. The number of benzene rings is 1. The molecule has 1 aliphatic rings. The Labute approximate surface area is 125 Å². The van der Waals surface area contributed by atoms with E-state index >= 15 is 0 Å². The average Bonchev–Trinajstić information content (AvgIpc) is 2.64. The third-order valence-electron chi connectivity index (χ3n) is 2.73. The molecule has 2 N–H and O–H groups in total. The lowest BCUT2D eigenvalue weighted by molar-refractivity contribution is -0.155. The second-order valence-electron chi connectivity index (χ2n) is 5.76. The quantitative estimate of drug-likeness (QED) is 0.825. The molecule has 0 unspecified atom stereocenters. The lowest BCUT2D eigenvalue weighted by atomic mass is 10.2. The second-order valence-corrected chi connectivity index (χ2v) is 7.62. The number of ether oxygens (including phenoxy) is 2. The van der Waals surface area contributed by atoms with E-state index in [0.29, 0.717) is 10.6 Å². The number of carbonyl (C=O) groups is 1. The van der Waals surface area contributed by atoms with Gasteiger partial charge in [-0.15, -0.1) is 10.6 Å². The Kier molecular flexibility index (Phi) is 4.32. The van der Waals surface area contributed by atoms with Gasteiger partial charge in [0.15, 0.2) is 0 Å². The van der Waals surface area contributed by atoms with Gasteiger partial charge in [0, 0.05) is 11.0 Å². The topological polar surface area (TPSA) is 76.0 Å². The molecule has 0 amide bonds. The molecule has 1 aromatic rings. The summed E-state index contributed by atoms with van der Waals surface area (Å²) in [4.78, 5) is 12.0. The molecule has 116 valence electrons. The lowest BCUT2D eigenvalue weighted by Gasteiger charge is -2.27. The minimum Gasteiger partial charge on any atom is -0.491 e. The molecule has 0 radical (unpaired) electrons. The van der Waals surface area contributed by atoms with E-state index < -0.39 is 16.2 Å². The van der Waals surface area contributed by atoms with Crippen LogP contribution in [-0.2, 0) is 9.53 Å². The third kappa shape index (κ3) is 4.00. The van der Waals surface area contributed by atoms with E-state index in [1.54, 1.807) is 45.0 Å². The summed E-state index contributed by atoms with van der Waals surface area (Å²) in [6.45, 7) is 5.53. The minimum absolute atomic E-state index is 0.105. The van der Waals surface area contributed by atoms with Crippen molar-refractivity contribution in [3.8, 4) is 5.75 Å². The first-order valence-corrected chi connectivity index (χ1v) is 8.24. The van der Waals surface area contributed by atoms with Crippen LogP contribution in [-0.4, -0.2) is 27.3 Å². The SMILES string of the molecule is CC(C)(C)OC(=O)CCOc1cccc2c1S(O)(O)C=C2. The van der Waals surface area contributed by atoms with Crippen LogP contribution < -0.4 is 4.74 Å². The van der Waals surface area contributed by atoms with Crippen LogP contribution in [0.15, 0.2) is 28.5 Å². The summed E-state index contributed by atoms with van der Waals surface area (Å²) < 4.78 is 30.7. The Hall–Kier alpha value is -1.50. The summed E-state index contributed by atoms with van der Waals surface area (Å²) in [5.74, 6) is 0.0425. The normalized spacial score (nSPS) is 17.2. The first-order chi connectivity index (χ1) is 9.69. The van der Waals surface area contributed by atoms with E-state index in [0.717, 1.165) is 5.56 Å². The zero-order valence-electron chi connectivity index (χ0n) is 12.3.